The average molecular weight is 519 g/mol. The Hall–Kier alpha value is -3.99. The Labute approximate surface area is 209 Å². The molecule has 0 unspecified atom stereocenters. The minimum absolute atomic E-state index is 0.0100. The standard InChI is InChI=1S/C25H27FN2O7S/c1-32-19-8-10-22(33-2)21(13-19)28(16-25(29)27-15-17-6-5-7-18(26)12-17)36(30,31)20-9-11-23(34-3)24(14-20)35-4/h5-14H,15-16H2,1-4H3,(H,27,29). The van der Waals surface area contributed by atoms with Gasteiger partial charge in [0, 0.05) is 18.7 Å². The second-order valence-electron chi connectivity index (χ2n) is 7.47. The predicted octanol–water partition coefficient (Wildman–Crippen LogP) is 3.37. The quantitative estimate of drug-likeness (QED) is 0.415. The summed E-state index contributed by atoms with van der Waals surface area (Å²) in [6, 6.07) is 14.4. The number of hydrogen-bond acceptors (Lipinski definition) is 7. The summed E-state index contributed by atoms with van der Waals surface area (Å²) in [6.07, 6.45) is 0. The van der Waals surface area contributed by atoms with Gasteiger partial charge < -0.3 is 24.3 Å². The fourth-order valence-electron chi connectivity index (χ4n) is 3.43. The third-order valence-corrected chi connectivity index (χ3v) is 7.02. The van der Waals surface area contributed by atoms with Gasteiger partial charge in [0.15, 0.2) is 11.5 Å². The van der Waals surface area contributed by atoms with E-state index >= 15 is 0 Å². The number of carbonyl (C=O) groups excluding carboxylic acids is 1. The summed E-state index contributed by atoms with van der Waals surface area (Å²) in [5.41, 5.74) is 0.615. The summed E-state index contributed by atoms with van der Waals surface area (Å²) in [5, 5.41) is 2.63. The lowest BCUT2D eigenvalue weighted by atomic mass is 10.2. The van der Waals surface area contributed by atoms with Crippen LogP contribution in [0.15, 0.2) is 65.6 Å². The molecular formula is C25H27FN2O7S. The number of halogens is 1. The summed E-state index contributed by atoms with van der Waals surface area (Å²) >= 11 is 0. The first-order valence-corrected chi connectivity index (χ1v) is 12.2. The van der Waals surface area contributed by atoms with Gasteiger partial charge in [-0.2, -0.15) is 0 Å². The maximum Gasteiger partial charge on any atom is 0.265 e. The van der Waals surface area contributed by atoms with Crippen molar-refractivity contribution in [2.45, 2.75) is 11.4 Å². The molecule has 0 saturated carbocycles. The number of rotatable bonds is 11. The molecule has 3 aromatic rings. The van der Waals surface area contributed by atoms with Gasteiger partial charge in [0.25, 0.3) is 10.0 Å². The van der Waals surface area contributed by atoms with Gasteiger partial charge in [0.2, 0.25) is 5.91 Å². The van der Waals surface area contributed by atoms with Crippen molar-refractivity contribution in [2.75, 3.05) is 39.3 Å². The number of nitrogens with zero attached hydrogens (tertiary/aromatic N) is 1. The molecule has 192 valence electrons. The summed E-state index contributed by atoms with van der Waals surface area (Å²) in [5.74, 6) is 0.0476. The maximum absolute atomic E-state index is 13.8. The Morgan fingerprint density at radius 3 is 2.19 bits per heavy atom. The number of nitrogens with one attached hydrogen (secondary N) is 1. The largest absolute Gasteiger partial charge is 0.497 e. The normalized spacial score (nSPS) is 10.9. The number of ether oxygens (including phenoxy) is 4. The van der Waals surface area contributed by atoms with Crippen molar-refractivity contribution < 1.29 is 36.6 Å². The Bertz CT molecular complexity index is 1330. The average Bonchev–Trinajstić information content (AvgIpc) is 2.89. The zero-order valence-electron chi connectivity index (χ0n) is 20.3. The van der Waals surface area contributed by atoms with Gasteiger partial charge >= 0.3 is 0 Å². The first-order valence-electron chi connectivity index (χ1n) is 10.7. The Morgan fingerprint density at radius 1 is 0.861 bits per heavy atom. The van der Waals surface area contributed by atoms with Crippen molar-refractivity contribution in [1.82, 2.24) is 5.32 Å². The van der Waals surface area contributed by atoms with Crippen LogP contribution in [0.25, 0.3) is 0 Å². The summed E-state index contributed by atoms with van der Waals surface area (Å²) < 4.78 is 63.2. The van der Waals surface area contributed by atoms with Crippen LogP contribution < -0.4 is 28.6 Å². The number of methoxy groups -OCH3 is 4. The zero-order valence-corrected chi connectivity index (χ0v) is 21.1. The van der Waals surface area contributed by atoms with Crippen LogP contribution >= 0.6 is 0 Å². The van der Waals surface area contributed by atoms with Crippen LogP contribution in [0.3, 0.4) is 0 Å². The van der Waals surface area contributed by atoms with Gasteiger partial charge in [-0.1, -0.05) is 12.1 Å². The third-order valence-electron chi connectivity index (χ3n) is 5.26. The number of hydrogen-bond donors (Lipinski definition) is 1. The summed E-state index contributed by atoms with van der Waals surface area (Å²) in [6.45, 7) is -0.578. The number of benzene rings is 3. The molecule has 0 heterocycles. The van der Waals surface area contributed by atoms with Crippen molar-refractivity contribution in [3.63, 3.8) is 0 Å². The second-order valence-corrected chi connectivity index (χ2v) is 9.34. The number of carbonyl (C=O) groups is 1. The number of sulfonamides is 1. The molecule has 3 aromatic carbocycles. The van der Waals surface area contributed by atoms with E-state index in [9.17, 15) is 17.6 Å². The third kappa shape index (κ3) is 5.98. The highest BCUT2D eigenvalue weighted by Gasteiger charge is 2.31. The van der Waals surface area contributed by atoms with Gasteiger partial charge in [-0.05, 0) is 42.0 Å². The van der Waals surface area contributed by atoms with Crippen LogP contribution in [-0.4, -0.2) is 49.3 Å². The van der Waals surface area contributed by atoms with Gasteiger partial charge in [0.1, 0.15) is 23.9 Å². The first kappa shape index (κ1) is 26.6. The molecule has 0 fully saturated rings. The van der Waals surface area contributed by atoms with E-state index in [4.69, 9.17) is 18.9 Å². The van der Waals surface area contributed by atoms with E-state index in [0.29, 0.717) is 17.1 Å². The van der Waals surface area contributed by atoms with Crippen molar-refractivity contribution in [3.8, 4) is 23.0 Å². The lowest BCUT2D eigenvalue weighted by Gasteiger charge is -2.26. The van der Waals surface area contributed by atoms with Crippen LogP contribution in [0, 0.1) is 5.82 Å². The SMILES string of the molecule is COc1ccc(OC)c(N(CC(=O)NCc2cccc(F)c2)S(=O)(=O)c2ccc(OC)c(OC)c2)c1. The minimum Gasteiger partial charge on any atom is -0.497 e. The Morgan fingerprint density at radius 2 is 1.56 bits per heavy atom. The zero-order chi connectivity index (χ0) is 26.3. The molecule has 0 aliphatic rings. The molecule has 0 spiro atoms. The monoisotopic (exact) mass is 518 g/mol. The maximum atomic E-state index is 13.8. The van der Waals surface area contributed by atoms with E-state index in [0.717, 1.165) is 4.31 Å². The highest BCUT2D eigenvalue weighted by molar-refractivity contribution is 7.92. The van der Waals surface area contributed by atoms with Gasteiger partial charge in [-0.25, -0.2) is 12.8 Å². The molecule has 0 atom stereocenters. The van der Waals surface area contributed by atoms with E-state index in [2.05, 4.69) is 5.32 Å². The van der Waals surface area contributed by atoms with E-state index < -0.39 is 28.3 Å². The van der Waals surface area contributed by atoms with Crippen LogP contribution in [0.4, 0.5) is 10.1 Å². The van der Waals surface area contributed by atoms with E-state index in [1.54, 1.807) is 12.1 Å². The topological polar surface area (TPSA) is 103 Å². The smallest absolute Gasteiger partial charge is 0.265 e. The molecule has 0 aromatic heterocycles. The summed E-state index contributed by atoms with van der Waals surface area (Å²) in [4.78, 5) is 12.8. The molecular weight excluding hydrogens is 491 g/mol. The highest BCUT2D eigenvalue weighted by atomic mass is 32.2. The molecule has 1 amide bonds. The fraction of sp³-hybridized carbons (Fsp3) is 0.240. The number of amides is 1. The molecule has 0 radical (unpaired) electrons. The molecule has 1 N–H and O–H groups in total. The molecule has 0 aliphatic heterocycles. The lowest BCUT2D eigenvalue weighted by Crippen LogP contribution is -2.41. The van der Waals surface area contributed by atoms with Crippen molar-refractivity contribution in [3.05, 3.63) is 72.0 Å². The van der Waals surface area contributed by atoms with E-state index in [1.165, 1.54) is 77.0 Å². The van der Waals surface area contributed by atoms with Crippen molar-refractivity contribution >= 4 is 21.6 Å². The van der Waals surface area contributed by atoms with E-state index in [-0.39, 0.29) is 28.6 Å². The Balaban J connectivity index is 2.02. The summed E-state index contributed by atoms with van der Waals surface area (Å²) in [7, 11) is 1.33. The molecule has 36 heavy (non-hydrogen) atoms. The fourth-order valence-corrected chi connectivity index (χ4v) is 4.87. The lowest BCUT2D eigenvalue weighted by molar-refractivity contribution is -0.119. The van der Waals surface area contributed by atoms with E-state index in [1.807, 2.05) is 0 Å². The van der Waals surface area contributed by atoms with Gasteiger partial charge in [-0.15, -0.1) is 0 Å². The van der Waals surface area contributed by atoms with Crippen molar-refractivity contribution in [1.29, 1.82) is 0 Å². The first-order chi connectivity index (χ1) is 17.2. The van der Waals surface area contributed by atoms with Gasteiger partial charge in [0.05, 0.1) is 39.0 Å². The van der Waals surface area contributed by atoms with Gasteiger partial charge in [-0.3, -0.25) is 9.10 Å². The van der Waals surface area contributed by atoms with Crippen LogP contribution in [-0.2, 0) is 21.4 Å². The van der Waals surface area contributed by atoms with Crippen LogP contribution in [0.5, 0.6) is 23.0 Å². The molecule has 0 saturated heterocycles. The van der Waals surface area contributed by atoms with Crippen LogP contribution in [0.2, 0.25) is 0 Å². The molecule has 0 aliphatic carbocycles. The minimum atomic E-state index is -4.31. The van der Waals surface area contributed by atoms with Crippen molar-refractivity contribution in [2.24, 2.45) is 0 Å². The second kappa shape index (κ2) is 11.6. The molecule has 11 heteroatoms. The predicted molar refractivity (Wildman–Crippen MR) is 132 cm³/mol. The molecule has 9 nitrogen and oxygen atoms in total. The van der Waals surface area contributed by atoms with Crippen LogP contribution in [0.1, 0.15) is 5.56 Å². The Kier molecular flexibility index (Phi) is 8.59. The number of anilines is 1. The highest BCUT2D eigenvalue weighted by Crippen LogP contribution is 2.37. The molecule has 0 bridgehead atoms. The molecule has 3 rings (SSSR count).